The summed E-state index contributed by atoms with van der Waals surface area (Å²) in [5.74, 6) is 1.70. The lowest BCUT2D eigenvalue weighted by molar-refractivity contribution is 0.0558. The number of rotatable bonds is 5. The largest absolute Gasteiger partial charge is 0.355 e. The molecule has 0 aliphatic carbocycles. The summed E-state index contributed by atoms with van der Waals surface area (Å²) in [6.45, 7) is 1.05. The molecule has 29 heavy (non-hydrogen) atoms. The third-order valence-electron chi connectivity index (χ3n) is 4.99. The van der Waals surface area contributed by atoms with E-state index in [0.29, 0.717) is 42.7 Å². The van der Waals surface area contributed by atoms with E-state index >= 15 is 0 Å². The van der Waals surface area contributed by atoms with Crippen molar-refractivity contribution in [3.63, 3.8) is 0 Å². The summed E-state index contributed by atoms with van der Waals surface area (Å²) in [6.07, 6.45) is 0.626. The standard InChI is InChI=1S/C22H18N4O3/c27-22(18-12-19(28-24-18)16-9-5-2-6-10-16)26-13-17(14-26)21-23-20(25-29-21)11-15-7-3-1-4-8-15/h1-10,12,17H,11,13-14H2. The highest BCUT2D eigenvalue weighted by Crippen LogP contribution is 2.28. The van der Waals surface area contributed by atoms with Gasteiger partial charge in [-0.15, -0.1) is 0 Å². The second-order valence-electron chi connectivity index (χ2n) is 7.06. The Labute approximate surface area is 166 Å². The van der Waals surface area contributed by atoms with E-state index in [0.717, 1.165) is 11.1 Å². The second kappa shape index (κ2) is 7.35. The van der Waals surface area contributed by atoms with Gasteiger partial charge >= 0.3 is 0 Å². The van der Waals surface area contributed by atoms with Crippen molar-refractivity contribution in [2.24, 2.45) is 0 Å². The monoisotopic (exact) mass is 386 g/mol. The summed E-state index contributed by atoms with van der Waals surface area (Å²) >= 11 is 0. The summed E-state index contributed by atoms with van der Waals surface area (Å²) in [4.78, 5) is 18.8. The first-order valence-electron chi connectivity index (χ1n) is 9.44. The Morgan fingerprint density at radius 2 is 1.69 bits per heavy atom. The van der Waals surface area contributed by atoms with Gasteiger partial charge in [0.15, 0.2) is 17.3 Å². The number of amides is 1. The summed E-state index contributed by atoms with van der Waals surface area (Å²) in [5.41, 5.74) is 2.32. The summed E-state index contributed by atoms with van der Waals surface area (Å²) in [5, 5.41) is 7.99. The van der Waals surface area contributed by atoms with Crippen LogP contribution in [-0.2, 0) is 6.42 Å². The predicted octanol–water partition coefficient (Wildman–Crippen LogP) is 3.56. The Morgan fingerprint density at radius 1 is 0.966 bits per heavy atom. The molecule has 1 fully saturated rings. The Hall–Kier alpha value is -3.74. The highest BCUT2D eigenvalue weighted by molar-refractivity contribution is 5.93. The van der Waals surface area contributed by atoms with Gasteiger partial charge in [-0.25, -0.2) is 0 Å². The maximum Gasteiger partial charge on any atom is 0.276 e. The molecule has 0 unspecified atom stereocenters. The molecule has 0 radical (unpaired) electrons. The Morgan fingerprint density at radius 3 is 2.45 bits per heavy atom. The van der Waals surface area contributed by atoms with Crippen LogP contribution in [0, 0.1) is 0 Å². The Balaban J connectivity index is 1.20. The van der Waals surface area contributed by atoms with Crippen molar-refractivity contribution in [3.05, 3.63) is 89.7 Å². The number of hydrogen-bond acceptors (Lipinski definition) is 6. The minimum absolute atomic E-state index is 0.0523. The maximum atomic E-state index is 12.6. The highest BCUT2D eigenvalue weighted by Gasteiger charge is 2.37. The number of hydrogen-bond donors (Lipinski definition) is 0. The second-order valence-corrected chi connectivity index (χ2v) is 7.06. The number of carbonyl (C=O) groups is 1. The molecular formula is C22H18N4O3. The van der Waals surface area contributed by atoms with E-state index < -0.39 is 0 Å². The maximum absolute atomic E-state index is 12.6. The lowest BCUT2D eigenvalue weighted by atomic mass is 9.99. The molecule has 5 rings (SSSR count). The fraction of sp³-hybridized carbons (Fsp3) is 0.182. The van der Waals surface area contributed by atoms with Gasteiger partial charge in [0.05, 0.1) is 5.92 Å². The van der Waals surface area contributed by atoms with Crippen molar-refractivity contribution in [3.8, 4) is 11.3 Å². The van der Waals surface area contributed by atoms with Crippen molar-refractivity contribution in [1.29, 1.82) is 0 Å². The molecule has 7 nitrogen and oxygen atoms in total. The highest BCUT2D eigenvalue weighted by atomic mass is 16.5. The predicted molar refractivity (Wildman–Crippen MR) is 104 cm³/mol. The average Bonchev–Trinajstić information content (AvgIpc) is 3.38. The fourth-order valence-corrected chi connectivity index (χ4v) is 3.36. The van der Waals surface area contributed by atoms with E-state index in [2.05, 4.69) is 15.3 Å². The number of likely N-dealkylation sites (tertiary alicyclic amines) is 1. The van der Waals surface area contributed by atoms with E-state index in [9.17, 15) is 4.79 Å². The smallest absolute Gasteiger partial charge is 0.276 e. The van der Waals surface area contributed by atoms with Crippen LogP contribution in [0.1, 0.15) is 33.7 Å². The molecule has 1 amide bonds. The van der Waals surface area contributed by atoms with E-state index in [4.69, 9.17) is 9.05 Å². The quantitative estimate of drug-likeness (QED) is 0.521. The molecule has 1 aliphatic heterocycles. The number of carbonyl (C=O) groups excluding carboxylic acids is 1. The number of aromatic nitrogens is 3. The van der Waals surface area contributed by atoms with Crippen LogP contribution in [-0.4, -0.2) is 39.2 Å². The fourth-order valence-electron chi connectivity index (χ4n) is 3.36. The first kappa shape index (κ1) is 17.4. The van der Waals surface area contributed by atoms with E-state index in [1.54, 1.807) is 11.0 Å². The van der Waals surface area contributed by atoms with Gasteiger partial charge < -0.3 is 13.9 Å². The van der Waals surface area contributed by atoms with Crippen molar-refractivity contribution in [2.75, 3.05) is 13.1 Å². The van der Waals surface area contributed by atoms with Crippen LogP contribution >= 0.6 is 0 Å². The van der Waals surface area contributed by atoms with Gasteiger partial charge in [-0.2, -0.15) is 4.98 Å². The number of benzene rings is 2. The normalized spacial score (nSPS) is 14.0. The zero-order valence-electron chi connectivity index (χ0n) is 15.6. The van der Waals surface area contributed by atoms with Gasteiger partial charge in [0.2, 0.25) is 5.89 Å². The molecule has 4 aromatic rings. The van der Waals surface area contributed by atoms with E-state index in [1.807, 2.05) is 60.7 Å². The molecule has 7 heteroatoms. The van der Waals surface area contributed by atoms with Gasteiger partial charge in [-0.1, -0.05) is 71.0 Å². The van der Waals surface area contributed by atoms with E-state index in [1.165, 1.54) is 0 Å². The minimum atomic E-state index is -0.156. The molecule has 0 bridgehead atoms. The molecule has 0 spiro atoms. The van der Waals surface area contributed by atoms with Crippen LogP contribution in [0.2, 0.25) is 0 Å². The third kappa shape index (κ3) is 3.54. The first-order chi connectivity index (χ1) is 14.3. The summed E-state index contributed by atoms with van der Waals surface area (Å²) < 4.78 is 10.7. The zero-order valence-corrected chi connectivity index (χ0v) is 15.6. The van der Waals surface area contributed by atoms with Crippen LogP contribution in [0.5, 0.6) is 0 Å². The molecule has 0 atom stereocenters. The third-order valence-corrected chi connectivity index (χ3v) is 4.99. The Bertz CT molecular complexity index is 1120. The van der Waals surface area contributed by atoms with Crippen molar-refractivity contribution >= 4 is 5.91 Å². The molecule has 1 aliphatic rings. The molecule has 0 N–H and O–H groups in total. The zero-order chi connectivity index (χ0) is 19.6. The van der Waals surface area contributed by atoms with Gasteiger partial charge in [-0.05, 0) is 5.56 Å². The van der Waals surface area contributed by atoms with Crippen molar-refractivity contribution in [1.82, 2.24) is 20.2 Å². The first-order valence-corrected chi connectivity index (χ1v) is 9.44. The van der Waals surface area contributed by atoms with Crippen molar-refractivity contribution in [2.45, 2.75) is 12.3 Å². The summed E-state index contributed by atoms with van der Waals surface area (Å²) in [7, 11) is 0. The van der Waals surface area contributed by atoms with Crippen LogP contribution in [0.4, 0.5) is 0 Å². The SMILES string of the molecule is O=C(c1cc(-c2ccccc2)on1)N1CC(c2nc(Cc3ccccc3)no2)C1. The van der Waals surface area contributed by atoms with Crippen LogP contribution in [0.15, 0.2) is 75.8 Å². The van der Waals surface area contributed by atoms with Gasteiger partial charge in [0.25, 0.3) is 5.91 Å². The van der Waals surface area contributed by atoms with Crippen LogP contribution in [0.25, 0.3) is 11.3 Å². The van der Waals surface area contributed by atoms with Gasteiger partial charge in [0, 0.05) is 31.1 Å². The summed E-state index contributed by atoms with van der Waals surface area (Å²) in [6, 6.07) is 21.3. The molecule has 2 aromatic heterocycles. The molecule has 0 saturated carbocycles. The van der Waals surface area contributed by atoms with Gasteiger partial charge in [-0.3, -0.25) is 4.79 Å². The Kier molecular flexibility index (Phi) is 4.40. The molecule has 2 aromatic carbocycles. The lowest BCUT2D eigenvalue weighted by Crippen LogP contribution is -2.48. The minimum Gasteiger partial charge on any atom is -0.355 e. The lowest BCUT2D eigenvalue weighted by Gasteiger charge is -2.36. The number of nitrogens with zero attached hydrogens (tertiary/aromatic N) is 4. The van der Waals surface area contributed by atoms with Crippen molar-refractivity contribution < 1.29 is 13.8 Å². The molecule has 1 saturated heterocycles. The van der Waals surface area contributed by atoms with Gasteiger partial charge in [0.1, 0.15) is 0 Å². The molecule has 3 heterocycles. The molecular weight excluding hydrogens is 368 g/mol. The van der Waals surface area contributed by atoms with Crippen LogP contribution < -0.4 is 0 Å². The van der Waals surface area contributed by atoms with Crippen LogP contribution in [0.3, 0.4) is 0 Å². The topological polar surface area (TPSA) is 85.3 Å². The molecule has 144 valence electrons. The average molecular weight is 386 g/mol. The van der Waals surface area contributed by atoms with E-state index in [-0.39, 0.29) is 11.8 Å².